The summed E-state index contributed by atoms with van der Waals surface area (Å²) in [6, 6.07) is 9.48. The standard InChI is InChI=1S/C25H34N2O/c28-24(25-13-18-10-19(14-25)12-20(11-18)15-25)27-8-3-6-23(17-27)26-9-7-21-4-1-2-5-22(21)16-26/h1-2,4-5,18-20,23H,3,6-17H2/t18?,19?,20?,23-,25?/m1/s1. The monoisotopic (exact) mass is 378 g/mol. The van der Waals surface area contributed by atoms with Gasteiger partial charge in [0.15, 0.2) is 0 Å². The van der Waals surface area contributed by atoms with Gasteiger partial charge in [-0.1, -0.05) is 24.3 Å². The highest BCUT2D eigenvalue weighted by Crippen LogP contribution is 2.60. The van der Waals surface area contributed by atoms with Gasteiger partial charge in [0.1, 0.15) is 0 Å². The highest BCUT2D eigenvalue weighted by Gasteiger charge is 2.55. The van der Waals surface area contributed by atoms with Crippen molar-refractivity contribution in [3.8, 4) is 0 Å². The Hall–Kier alpha value is -1.35. The van der Waals surface area contributed by atoms with Gasteiger partial charge in [0.25, 0.3) is 0 Å². The minimum absolute atomic E-state index is 0.0329. The average molecular weight is 379 g/mol. The molecule has 0 aromatic heterocycles. The summed E-state index contributed by atoms with van der Waals surface area (Å²) in [6.07, 6.45) is 11.5. The molecule has 0 unspecified atom stereocenters. The zero-order valence-electron chi connectivity index (χ0n) is 17.1. The summed E-state index contributed by atoms with van der Waals surface area (Å²) in [5.41, 5.74) is 3.06. The molecule has 4 saturated carbocycles. The van der Waals surface area contributed by atoms with Crippen LogP contribution in [-0.4, -0.2) is 41.4 Å². The van der Waals surface area contributed by atoms with E-state index < -0.39 is 0 Å². The first-order valence-corrected chi connectivity index (χ1v) is 11.8. The molecule has 5 fully saturated rings. The molecule has 3 heteroatoms. The number of benzene rings is 1. The van der Waals surface area contributed by atoms with Crippen molar-refractivity contribution in [2.24, 2.45) is 23.2 Å². The van der Waals surface area contributed by atoms with E-state index in [1.807, 2.05) is 0 Å². The minimum atomic E-state index is 0.0329. The summed E-state index contributed by atoms with van der Waals surface area (Å²) in [4.78, 5) is 18.8. The number of likely N-dealkylation sites (tertiary alicyclic amines) is 1. The fourth-order valence-electron chi connectivity index (χ4n) is 7.97. The summed E-state index contributed by atoms with van der Waals surface area (Å²) < 4.78 is 0. The Morgan fingerprint density at radius 3 is 2.32 bits per heavy atom. The smallest absolute Gasteiger partial charge is 0.228 e. The fourth-order valence-corrected chi connectivity index (χ4v) is 7.97. The third kappa shape index (κ3) is 2.84. The van der Waals surface area contributed by atoms with Crippen LogP contribution in [-0.2, 0) is 17.8 Å². The first-order valence-electron chi connectivity index (χ1n) is 11.8. The van der Waals surface area contributed by atoms with Gasteiger partial charge in [-0.15, -0.1) is 0 Å². The minimum Gasteiger partial charge on any atom is -0.341 e. The number of rotatable bonds is 2. The third-order valence-corrected chi connectivity index (χ3v) is 8.85. The van der Waals surface area contributed by atoms with Crippen LogP contribution in [0.2, 0.25) is 0 Å². The van der Waals surface area contributed by atoms with Crippen LogP contribution in [0.25, 0.3) is 0 Å². The number of hydrogen-bond acceptors (Lipinski definition) is 2. The van der Waals surface area contributed by atoms with Gasteiger partial charge in [0.05, 0.1) is 5.41 Å². The lowest BCUT2D eigenvalue weighted by Crippen LogP contribution is -2.58. The summed E-state index contributed by atoms with van der Waals surface area (Å²) in [5.74, 6) is 3.12. The summed E-state index contributed by atoms with van der Waals surface area (Å²) in [7, 11) is 0. The van der Waals surface area contributed by atoms with Crippen molar-refractivity contribution in [3.05, 3.63) is 35.4 Å². The second-order valence-electron chi connectivity index (χ2n) is 10.7. The number of fused-ring (bicyclic) bond motifs is 1. The second-order valence-corrected chi connectivity index (χ2v) is 10.7. The van der Waals surface area contributed by atoms with Crippen molar-refractivity contribution >= 4 is 5.91 Å². The van der Waals surface area contributed by atoms with Crippen LogP contribution in [0, 0.1) is 23.2 Å². The zero-order chi connectivity index (χ0) is 18.7. The predicted octanol–water partition coefficient (Wildman–Crippen LogP) is 4.25. The molecule has 4 aliphatic carbocycles. The Morgan fingerprint density at radius 2 is 1.61 bits per heavy atom. The van der Waals surface area contributed by atoms with E-state index >= 15 is 0 Å². The van der Waals surface area contributed by atoms with E-state index in [-0.39, 0.29) is 5.41 Å². The van der Waals surface area contributed by atoms with Gasteiger partial charge in [-0.05, 0) is 86.7 Å². The molecule has 28 heavy (non-hydrogen) atoms. The number of carbonyl (C=O) groups is 1. The Bertz CT molecular complexity index is 736. The van der Waals surface area contributed by atoms with Gasteiger partial charge in [-0.2, -0.15) is 0 Å². The maximum Gasteiger partial charge on any atom is 0.228 e. The normalized spacial score (nSPS) is 39.8. The second kappa shape index (κ2) is 6.58. The summed E-state index contributed by atoms with van der Waals surface area (Å²) in [6.45, 7) is 4.20. The zero-order valence-corrected chi connectivity index (χ0v) is 17.1. The van der Waals surface area contributed by atoms with E-state index in [4.69, 9.17) is 0 Å². The van der Waals surface area contributed by atoms with Crippen molar-refractivity contribution in [3.63, 3.8) is 0 Å². The highest BCUT2D eigenvalue weighted by molar-refractivity contribution is 5.83. The molecule has 1 atom stereocenters. The molecule has 6 aliphatic rings. The molecule has 2 aliphatic heterocycles. The van der Waals surface area contributed by atoms with Gasteiger partial charge in [-0.3, -0.25) is 9.69 Å². The van der Waals surface area contributed by atoms with Crippen LogP contribution < -0.4 is 0 Å². The third-order valence-electron chi connectivity index (χ3n) is 8.85. The maximum absolute atomic E-state index is 13.8. The molecule has 3 nitrogen and oxygen atoms in total. The average Bonchev–Trinajstić information content (AvgIpc) is 2.72. The van der Waals surface area contributed by atoms with Crippen LogP contribution in [0.3, 0.4) is 0 Å². The molecular weight excluding hydrogens is 344 g/mol. The fraction of sp³-hybridized carbons (Fsp3) is 0.720. The molecule has 2 heterocycles. The molecule has 4 bridgehead atoms. The Morgan fingerprint density at radius 1 is 0.929 bits per heavy atom. The van der Waals surface area contributed by atoms with E-state index in [2.05, 4.69) is 34.1 Å². The van der Waals surface area contributed by atoms with Crippen molar-refractivity contribution in [2.75, 3.05) is 19.6 Å². The SMILES string of the molecule is O=C(N1CCC[C@@H](N2CCc3ccccc3C2)C1)C12CC3CC(CC(C3)C1)C2. The Labute approximate surface area is 169 Å². The lowest BCUT2D eigenvalue weighted by atomic mass is 9.49. The number of nitrogens with zero attached hydrogens (tertiary/aromatic N) is 2. The Kier molecular flexibility index (Phi) is 4.12. The van der Waals surface area contributed by atoms with E-state index in [0.717, 1.165) is 50.4 Å². The lowest BCUT2D eigenvalue weighted by molar-refractivity contribution is -0.159. The number of amides is 1. The van der Waals surface area contributed by atoms with Crippen LogP contribution >= 0.6 is 0 Å². The van der Waals surface area contributed by atoms with E-state index in [9.17, 15) is 4.79 Å². The van der Waals surface area contributed by atoms with Gasteiger partial charge < -0.3 is 4.90 Å². The van der Waals surface area contributed by atoms with Gasteiger partial charge in [0, 0.05) is 32.2 Å². The first kappa shape index (κ1) is 17.5. The highest BCUT2D eigenvalue weighted by atomic mass is 16.2. The van der Waals surface area contributed by atoms with Crippen LogP contribution in [0.1, 0.15) is 62.5 Å². The number of piperidine rings is 1. The lowest BCUT2D eigenvalue weighted by Gasteiger charge is -2.57. The molecule has 1 aromatic carbocycles. The van der Waals surface area contributed by atoms with Crippen LogP contribution in [0.4, 0.5) is 0 Å². The number of carbonyl (C=O) groups excluding carboxylic acids is 1. The molecule has 150 valence electrons. The largest absolute Gasteiger partial charge is 0.341 e. The molecule has 7 rings (SSSR count). The van der Waals surface area contributed by atoms with E-state index in [0.29, 0.717) is 11.9 Å². The number of hydrogen-bond donors (Lipinski definition) is 0. The quantitative estimate of drug-likeness (QED) is 0.768. The van der Waals surface area contributed by atoms with E-state index in [1.165, 1.54) is 62.5 Å². The summed E-state index contributed by atoms with van der Waals surface area (Å²) >= 11 is 0. The van der Waals surface area contributed by atoms with Crippen molar-refractivity contribution in [2.45, 2.75) is 70.4 Å². The summed E-state index contributed by atoms with van der Waals surface area (Å²) in [5, 5.41) is 0. The van der Waals surface area contributed by atoms with Gasteiger partial charge >= 0.3 is 0 Å². The van der Waals surface area contributed by atoms with Crippen LogP contribution in [0.5, 0.6) is 0 Å². The molecule has 1 amide bonds. The molecule has 1 aromatic rings. The molecule has 0 spiro atoms. The van der Waals surface area contributed by atoms with Crippen LogP contribution in [0.15, 0.2) is 24.3 Å². The molecule has 0 radical (unpaired) electrons. The van der Waals surface area contributed by atoms with Gasteiger partial charge in [-0.25, -0.2) is 0 Å². The van der Waals surface area contributed by atoms with Crippen molar-refractivity contribution in [1.82, 2.24) is 9.80 Å². The van der Waals surface area contributed by atoms with Crippen molar-refractivity contribution in [1.29, 1.82) is 0 Å². The Balaban J connectivity index is 1.17. The molecule has 1 saturated heterocycles. The van der Waals surface area contributed by atoms with Crippen molar-refractivity contribution < 1.29 is 4.79 Å². The van der Waals surface area contributed by atoms with E-state index in [1.54, 1.807) is 0 Å². The first-order chi connectivity index (χ1) is 13.7. The topological polar surface area (TPSA) is 23.6 Å². The molecular formula is C25H34N2O. The predicted molar refractivity (Wildman–Crippen MR) is 111 cm³/mol. The maximum atomic E-state index is 13.8. The van der Waals surface area contributed by atoms with Gasteiger partial charge in [0.2, 0.25) is 5.91 Å². The molecule has 0 N–H and O–H groups in total.